The number of hydrogen-bond donors (Lipinski definition) is 1. The monoisotopic (exact) mass is 294 g/mol. The number of esters is 1. The van der Waals surface area contributed by atoms with E-state index in [0.717, 1.165) is 0 Å². The Morgan fingerprint density at radius 1 is 1.25 bits per heavy atom. The summed E-state index contributed by atoms with van der Waals surface area (Å²) in [5, 5.41) is 0. The average molecular weight is 294 g/mol. The van der Waals surface area contributed by atoms with Crippen molar-refractivity contribution in [2.75, 3.05) is 11.8 Å². The Kier molecular flexibility index (Phi) is 3.80. The van der Waals surface area contributed by atoms with E-state index in [1.165, 1.54) is 31.5 Å². The molecule has 0 aliphatic carbocycles. The normalized spacial score (nSPS) is 11.1. The molecule has 106 valence electrons. The minimum atomic E-state index is -3.74. The molecule has 0 spiro atoms. The molecule has 2 aromatic rings. The number of para-hydroxylation sites is 1. The number of rotatable bonds is 4. The fourth-order valence-electron chi connectivity index (χ4n) is 1.70. The molecule has 0 saturated heterocycles. The number of ether oxygens (including phenoxy) is 1. The quantitative estimate of drug-likeness (QED) is 0.869. The third-order valence-corrected chi connectivity index (χ3v) is 4.04. The van der Waals surface area contributed by atoms with Crippen LogP contribution in [0.1, 0.15) is 10.4 Å². The van der Waals surface area contributed by atoms with Crippen molar-refractivity contribution in [3.05, 3.63) is 48.3 Å². The van der Waals surface area contributed by atoms with Crippen LogP contribution in [0.25, 0.3) is 0 Å². The molecule has 2 rings (SSSR count). The van der Waals surface area contributed by atoms with E-state index in [2.05, 4.69) is 9.46 Å². The van der Waals surface area contributed by atoms with E-state index in [1.807, 2.05) is 0 Å². The molecule has 0 bridgehead atoms. The number of sulfonamides is 1. The van der Waals surface area contributed by atoms with E-state index >= 15 is 0 Å². The van der Waals surface area contributed by atoms with Crippen molar-refractivity contribution in [1.82, 2.24) is 4.57 Å². The molecule has 0 radical (unpaired) electrons. The first-order valence-electron chi connectivity index (χ1n) is 5.76. The van der Waals surface area contributed by atoms with Gasteiger partial charge in [-0.05, 0) is 18.2 Å². The predicted molar refractivity (Wildman–Crippen MR) is 74.0 cm³/mol. The fraction of sp³-hybridized carbons (Fsp3) is 0.154. The number of carbonyl (C=O) groups is 1. The summed E-state index contributed by atoms with van der Waals surface area (Å²) in [5.74, 6) is -0.601. The largest absolute Gasteiger partial charge is 0.465 e. The van der Waals surface area contributed by atoms with Gasteiger partial charge >= 0.3 is 5.97 Å². The lowest BCUT2D eigenvalue weighted by molar-refractivity contribution is 0.0602. The Bertz CT molecular complexity index is 734. The summed E-state index contributed by atoms with van der Waals surface area (Å²) < 4.78 is 33.0. The zero-order valence-corrected chi connectivity index (χ0v) is 11.8. The van der Waals surface area contributed by atoms with Gasteiger partial charge in [-0.3, -0.25) is 4.72 Å². The summed E-state index contributed by atoms with van der Waals surface area (Å²) in [6.07, 6.45) is 3.10. The van der Waals surface area contributed by atoms with Crippen molar-refractivity contribution in [1.29, 1.82) is 0 Å². The minimum Gasteiger partial charge on any atom is -0.465 e. The number of carbonyl (C=O) groups excluding carboxylic acids is 1. The lowest BCUT2D eigenvalue weighted by atomic mass is 10.2. The Balaban J connectivity index is 2.37. The van der Waals surface area contributed by atoms with Gasteiger partial charge in [0.25, 0.3) is 10.0 Å². The van der Waals surface area contributed by atoms with Crippen LogP contribution in [-0.2, 0) is 21.8 Å². The molecule has 0 amide bonds. The second-order valence-corrected chi connectivity index (χ2v) is 5.84. The molecule has 1 aromatic carbocycles. The summed E-state index contributed by atoms with van der Waals surface area (Å²) in [6, 6.07) is 7.74. The molecule has 1 N–H and O–H groups in total. The summed E-state index contributed by atoms with van der Waals surface area (Å²) in [7, 11) is -0.771. The minimum absolute atomic E-state index is 0.125. The maximum atomic E-state index is 12.2. The first-order chi connectivity index (χ1) is 9.44. The van der Waals surface area contributed by atoms with Crippen LogP contribution in [0.4, 0.5) is 5.69 Å². The number of aryl methyl sites for hydroxylation is 1. The zero-order valence-electron chi connectivity index (χ0n) is 11.0. The predicted octanol–water partition coefficient (Wildman–Crippen LogP) is 1.61. The topological polar surface area (TPSA) is 77.4 Å². The summed E-state index contributed by atoms with van der Waals surface area (Å²) in [6.45, 7) is 0. The molecule has 0 unspecified atom stereocenters. The first-order valence-corrected chi connectivity index (χ1v) is 7.24. The SMILES string of the molecule is COC(=O)c1ccccc1NS(=O)(=O)c1ccn(C)c1. The molecule has 0 fully saturated rings. The van der Waals surface area contributed by atoms with Crippen LogP contribution in [0.2, 0.25) is 0 Å². The summed E-state index contributed by atoms with van der Waals surface area (Å²) in [4.78, 5) is 11.7. The summed E-state index contributed by atoms with van der Waals surface area (Å²) >= 11 is 0. The second kappa shape index (κ2) is 5.38. The Hall–Kier alpha value is -2.28. The molecular weight excluding hydrogens is 280 g/mol. The number of anilines is 1. The van der Waals surface area contributed by atoms with Gasteiger partial charge in [0, 0.05) is 19.4 Å². The van der Waals surface area contributed by atoms with E-state index in [1.54, 1.807) is 29.9 Å². The van der Waals surface area contributed by atoms with Crippen LogP contribution in [0.5, 0.6) is 0 Å². The highest BCUT2D eigenvalue weighted by atomic mass is 32.2. The van der Waals surface area contributed by atoms with Gasteiger partial charge in [0.05, 0.1) is 18.4 Å². The van der Waals surface area contributed by atoms with Gasteiger partial charge in [-0.1, -0.05) is 12.1 Å². The van der Waals surface area contributed by atoms with Crippen LogP contribution in [0.15, 0.2) is 47.6 Å². The van der Waals surface area contributed by atoms with Gasteiger partial charge in [0.2, 0.25) is 0 Å². The van der Waals surface area contributed by atoms with Gasteiger partial charge in [-0.25, -0.2) is 13.2 Å². The Morgan fingerprint density at radius 2 is 1.95 bits per heavy atom. The molecule has 0 atom stereocenters. The molecule has 0 aliphatic heterocycles. The molecule has 1 heterocycles. The highest BCUT2D eigenvalue weighted by Crippen LogP contribution is 2.20. The van der Waals surface area contributed by atoms with Crippen molar-refractivity contribution in [2.24, 2.45) is 7.05 Å². The van der Waals surface area contributed by atoms with Crippen molar-refractivity contribution < 1.29 is 17.9 Å². The highest BCUT2D eigenvalue weighted by Gasteiger charge is 2.19. The van der Waals surface area contributed by atoms with Crippen molar-refractivity contribution in [3.63, 3.8) is 0 Å². The van der Waals surface area contributed by atoms with Crippen LogP contribution < -0.4 is 4.72 Å². The summed E-state index contributed by atoms with van der Waals surface area (Å²) in [5.41, 5.74) is 0.345. The molecule has 0 aliphatic rings. The molecule has 1 aromatic heterocycles. The third-order valence-electron chi connectivity index (χ3n) is 2.69. The van der Waals surface area contributed by atoms with Crippen molar-refractivity contribution in [3.8, 4) is 0 Å². The maximum Gasteiger partial charge on any atom is 0.339 e. The van der Waals surface area contributed by atoms with Crippen LogP contribution in [0.3, 0.4) is 0 Å². The molecule has 20 heavy (non-hydrogen) atoms. The van der Waals surface area contributed by atoms with Gasteiger partial charge in [0.1, 0.15) is 4.90 Å². The number of nitrogens with zero attached hydrogens (tertiary/aromatic N) is 1. The van der Waals surface area contributed by atoms with Crippen LogP contribution in [-0.4, -0.2) is 26.1 Å². The van der Waals surface area contributed by atoms with Gasteiger partial charge in [-0.15, -0.1) is 0 Å². The zero-order chi connectivity index (χ0) is 14.8. The Morgan fingerprint density at radius 3 is 2.55 bits per heavy atom. The lowest BCUT2D eigenvalue weighted by Gasteiger charge is -2.10. The van der Waals surface area contributed by atoms with E-state index in [9.17, 15) is 13.2 Å². The maximum absolute atomic E-state index is 12.2. The first kappa shape index (κ1) is 14.1. The number of aromatic nitrogens is 1. The van der Waals surface area contributed by atoms with E-state index in [4.69, 9.17) is 0 Å². The molecule has 0 saturated carbocycles. The van der Waals surface area contributed by atoms with E-state index < -0.39 is 16.0 Å². The fourth-order valence-corrected chi connectivity index (χ4v) is 2.83. The van der Waals surface area contributed by atoms with Crippen LogP contribution in [0, 0.1) is 0 Å². The van der Waals surface area contributed by atoms with Gasteiger partial charge in [0.15, 0.2) is 0 Å². The van der Waals surface area contributed by atoms with Gasteiger partial charge in [-0.2, -0.15) is 0 Å². The number of methoxy groups -OCH3 is 1. The average Bonchev–Trinajstić information content (AvgIpc) is 2.86. The smallest absolute Gasteiger partial charge is 0.339 e. The second-order valence-electron chi connectivity index (χ2n) is 4.16. The number of nitrogens with one attached hydrogen (secondary N) is 1. The molecule has 6 nitrogen and oxygen atoms in total. The molecule has 7 heteroatoms. The highest BCUT2D eigenvalue weighted by molar-refractivity contribution is 7.92. The van der Waals surface area contributed by atoms with Crippen molar-refractivity contribution >= 4 is 21.7 Å². The van der Waals surface area contributed by atoms with E-state index in [0.29, 0.717) is 0 Å². The standard InChI is InChI=1S/C13H14N2O4S/c1-15-8-7-10(9-15)20(17,18)14-12-6-4-3-5-11(12)13(16)19-2/h3-9,14H,1-2H3. The number of benzene rings is 1. The third kappa shape index (κ3) is 2.83. The number of hydrogen-bond acceptors (Lipinski definition) is 4. The van der Waals surface area contributed by atoms with E-state index in [-0.39, 0.29) is 16.1 Å². The molecular formula is C13H14N2O4S. The Labute approximate surface area is 117 Å². The van der Waals surface area contributed by atoms with Crippen LogP contribution >= 0.6 is 0 Å². The van der Waals surface area contributed by atoms with Crippen molar-refractivity contribution in [2.45, 2.75) is 4.90 Å². The van der Waals surface area contributed by atoms with Gasteiger partial charge < -0.3 is 9.30 Å². The lowest BCUT2D eigenvalue weighted by Crippen LogP contribution is -2.15.